The molecule has 1 fully saturated rings. The number of hydrogen-bond acceptors (Lipinski definition) is 3. The average molecular weight is 428 g/mol. The molecule has 9 heteroatoms. The number of carbonyl (C=O) groups is 1. The maximum absolute atomic E-state index is 14.4. The van der Waals surface area contributed by atoms with Crippen LogP contribution in [-0.4, -0.2) is 18.3 Å². The van der Waals surface area contributed by atoms with Gasteiger partial charge in [0.05, 0.1) is 17.5 Å². The molecule has 4 nitrogen and oxygen atoms in total. The van der Waals surface area contributed by atoms with Crippen molar-refractivity contribution in [2.75, 3.05) is 6.61 Å². The molecule has 0 heterocycles. The van der Waals surface area contributed by atoms with Gasteiger partial charge in [-0.05, 0) is 43.4 Å². The number of alkyl halides is 3. The Morgan fingerprint density at radius 2 is 2.00 bits per heavy atom. The van der Waals surface area contributed by atoms with Crippen molar-refractivity contribution >= 4 is 11.7 Å². The minimum absolute atomic E-state index is 0.0937. The van der Waals surface area contributed by atoms with Crippen molar-refractivity contribution in [3.05, 3.63) is 71.4 Å². The van der Waals surface area contributed by atoms with Crippen LogP contribution in [0.25, 0.3) is 0 Å². The van der Waals surface area contributed by atoms with Crippen molar-refractivity contribution in [3.8, 4) is 0 Å². The molecular weight excluding hydrogens is 407 g/mol. The quantitative estimate of drug-likeness (QED) is 0.202. The molecule has 2 rings (SSSR count). The first kappa shape index (κ1) is 23.3. The third kappa shape index (κ3) is 6.82. The van der Waals surface area contributed by atoms with E-state index < -0.39 is 40.7 Å². The van der Waals surface area contributed by atoms with Gasteiger partial charge in [-0.2, -0.15) is 13.2 Å². The van der Waals surface area contributed by atoms with Gasteiger partial charge < -0.3 is 10.2 Å². The number of carbonyl (C=O) groups excluding carboxylic acids is 1. The topological polar surface area (TPSA) is 50.7 Å². The fourth-order valence-electron chi connectivity index (χ4n) is 2.39. The smallest absolute Gasteiger partial charge is 0.394 e. The van der Waals surface area contributed by atoms with Gasteiger partial charge in [0.1, 0.15) is 6.61 Å². The van der Waals surface area contributed by atoms with Crippen LogP contribution in [0, 0.1) is 17.6 Å². The Kier molecular flexibility index (Phi) is 7.91. The lowest BCUT2D eigenvalue weighted by atomic mass is 10.0. The van der Waals surface area contributed by atoms with Gasteiger partial charge in [0.15, 0.2) is 17.5 Å². The molecule has 1 aromatic carbocycles. The van der Waals surface area contributed by atoms with Crippen LogP contribution in [-0.2, 0) is 15.8 Å². The first-order valence-corrected chi connectivity index (χ1v) is 9.16. The normalized spacial score (nSPS) is 15.1. The molecule has 1 amide bonds. The van der Waals surface area contributed by atoms with Gasteiger partial charge in [-0.25, -0.2) is 8.78 Å². The summed E-state index contributed by atoms with van der Waals surface area (Å²) in [7, 11) is 0. The van der Waals surface area contributed by atoms with E-state index in [9.17, 15) is 26.7 Å². The molecule has 1 aliphatic rings. The summed E-state index contributed by atoms with van der Waals surface area (Å²) >= 11 is 0. The molecule has 0 spiro atoms. The Balaban J connectivity index is 2.33. The minimum Gasteiger partial charge on any atom is -0.394 e. The number of oxime groups is 1. The van der Waals surface area contributed by atoms with E-state index in [-0.39, 0.29) is 18.9 Å². The van der Waals surface area contributed by atoms with Crippen LogP contribution in [0.4, 0.5) is 22.0 Å². The first-order valence-electron chi connectivity index (χ1n) is 9.16. The number of amidine groups is 1. The highest BCUT2D eigenvalue weighted by molar-refractivity contribution is 6.09. The van der Waals surface area contributed by atoms with E-state index in [1.54, 1.807) is 25.2 Å². The van der Waals surface area contributed by atoms with Gasteiger partial charge in [0.2, 0.25) is 5.91 Å². The minimum atomic E-state index is -5.01. The van der Waals surface area contributed by atoms with E-state index in [1.807, 2.05) is 0 Å². The average Bonchev–Trinajstić information content (AvgIpc) is 3.46. The Labute approximate surface area is 170 Å². The maximum atomic E-state index is 14.4. The lowest BCUT2D eigenvalue weighted by Crippen LogP contribution is -2.34. The van der Waals surface area contributed by atoms with Crippen LogP contribution in [0.3, 0.4) is 0 Å². The number of halogens is 5. The highest BCUT2D eigenvalue weighted by Crippen LogP contribution is 2.34. The number of allylic oxidation sites excluding steroid dienone is 4. The van der Waals surface area contributed by atoms with E-state index >= 15 is 0 Å². The Bertz CT molecular complexity index is 884. The molecule has 0 atom stereocenters. The molecule has 1 N–H and O–H groups in total. The number of nitrogens with zero attached hydrogens (tertiary/aromatic N) is 1. The summed E-state index contributed by atoms with van der Waals surface area (Å²) in [5.41, 5.74) is -2.36. The summed E-state index contributed by atoms with van der Waals surface area (Å²) in [6.45, 7) is 5.54. The molecule has 0 radical (unpaired) electrons. The van der Waals surface area contributed by atoms with Crippen LogP contribution in [0.15, 0.2) is 53.7 Å². The monoisotopic (exact) mass is 428 g/mol. The molecule has 1 saturated carbocycles. The van der Waals surface area contributed by atoms with Gasteiger partial charge in [-0.15, -0.1) is 0 Å². The van der Waals surface area contributed by atoms with E-state index in [2.05, 4.69) is 17.1 Å². The van der Waals surface area contributed by atoms with Gasteiger partial charge in [0, 0.05) is 0 Å². The van der Waals surface area contributed by atoms with Crippen molar-refractivity contribution in [1.29, 1.82) is 0 Å². The standard InChI is InChI=1S/C21H21F5N2O2/c1-3-4-5-6-13(2)11-17(29)27-20(28-30-12-14-7-8-14)18-15(21(24,25)26)9-10-16(22)19(18)23/h3-6,9-10,14H,2,7-8,11-12H2,1H3,(H,27,28,29). The van der Waals surface area contributed by atoms with E-state index in [0.29, 0.717) is 17.7 Å². The second-order valence-electron chi connectivity index (χ2n) is 6.73. The highest BCUT2D eigenvalue weighted by atomic mass is 19.4. The van der Waals surface area contributed by atoms with Gasteiger partial charge in [-0.3, -0.25) is 4.79 Å². The second kappa shape index (κ2) is 10.2. The fraction of sp³-hybridized carbons (Fsp3) is 0.333. The van der Waals surface area contributed by atoms with Crippen LogP contribution >= 0.6 is 0 Å². The predicted molar refractivity (Wildman–Crippen MR) is 102 cm³/mol. The van der Waals surface area contributed by atoms with Crippen molar-refractivity contribution in [3.63, 3.8) is 0 Å². The number of benzene rings is 1. The summed E-state index contributed by atoms with van der Waals surface area (Å²) in [5, 5.41) is 5.59. The molecule has 0 bridgehead atoms. The van der Waals surface area contributed by atoms with Crippen molar-refractivity contribution in [2.45, 2.75) is 32.4 Å². The summed E-state index contributed by atoms with van der Waals surface area (Å²) in [6, 6.07) is 0.745. The van der Waals surface area contributed by atoms with Crippen molar-refractivity contribution in [1.82, 2.24) is 5.32 Å². The fourth-order valence-corrected chi connectivity index (χ4v) is 2.39. The molecule has 1 aliphatic carbocycles. The van der Waals surface area contributed by atoms with Crippen molar-refractivity contribution in [2.24, 2.45) is 11.1 Å². The molecular formula is C21H21F5N2O2. The third-order valence-electron chi connectivity index (χ3n) is 4.08. The Morgan fingerprint density at radius 3 is 2.60 bits per heavy atom. The Morgan fingerprint density at radius 1 is 1.30 bits per heavy atom. The van der Waals surface area contributed by atoms with Crippen LogP contribution in [0.5, 0.6) is 0 Å². The second-order valence-corrected chi connectivity index (χ2v) is 6.73. The zero-order valence-corrected chi connectivity index (χ0v) is 16.2. The number of rotatable bonds is 8. The van der Waals surface area contributed by atoms with Gasteiger partial charge in [0.25, 0.3) is 0 Å². The van der Waals surface area contributed by atoms with E-state index in [0.717, 1.165) is 12.8 Å². The molecule has 0 unspecified atom stereocenters. The number of hydrogen-bond donors (Lipinski definition) is 1. The summed E-state index contributed by atoms with van der Waals surface area (Å²) in [6.07, 6.45) is 3.03. The number of nitrogens with one attached hydrogen (secondary N) is 1. The molecule has 0 aliphatic heterocycles. The molecule has 0 saturated heterocycles. The predicted octanol–water partition coefficient (Wildman–Crippen LogP) is 5.27. The summed E-state index contributed by atoms with van der Waals surface area (Å²) in [5.74, 6) is -4.76. The van der Waals surface area contributed by atoms with E-state index in [4.69, 9.17) is 4.84 Å². The SMILES string of the molecule is C=C(C=CC=CC)CC(=O)NC(=NOCC1CC1)c1c(C(F)(F)F)ccc(F)c1F. The lowest BCUT2D eigenvalue weighted by Gasteiger charge is -2.16. The zero-order chi connectivity index (χ0) is 22.3. The Hall–Kier alpha value is -2.97. The summed E-state index contributed by atoms with van der Waals surface area (Å²) < 4.78 is 68.2. The van der Waals surface area contributed by atoms with Crippen LogP contribution < -0.4 is 5.32 Å². The molecule has 1 aromatic rings. The molecule has 162 valence electrons. The van der Waals surface area contributed by atoms with E-state index in [1.165, 1.54) is 6.08 Å². The number of amides is 1. The maximum Gasteiger partial charge on any atom is 0.417 e. The van der Waals surface area contributed by atoms with Crippen LogP contribution in [0.2, 0.25) is 0 Å². The molecule has 0 aromatic heterocycles. The zero-order valence-electron chi connectivity index (χ0n) is 16.2. The third-order valence-corrected chi connectivity index (χ3v) is 4.08. The van der Waals surface area contributed by atoms with Gasteiger partial charge in [-0.1, -0.05) is 36.0 Å². The largest absolute Gasteiger partial charge is 0.417 e. The highest BCUT2D eigenvalue weighted by Gasteiger charge is 2.38. The first-order chi connectivity index (χ1) is 14.1. The summed E-state index contributed by atoms with van der Waals surface area (Å²) in [4.78, 5) is 17.3. The molecule has 30 heavy (non-hydrogen) atoms. The van der Waals surface area contributed by atoms with Crippen LogP contribution in [0.1, 0.15) is 37.3 Å². The van der Waals surface area contributed by atoms with Gasteiger partial charge >= 0.3 is 6.18 Å². The van der Waals surface area contributed by atoms with Crippen molar-refractivity contribution < 1.29 is 31.6 Å². The lowest BCUT2D eigenvalue weighted by molar-refractivity contribution is -0.138.